The van der Waals surface area contributed by atoms with Gasteiger partial charge in [-0.05, 0) is 48.7 Å². The van der Waals surface area contributed by atoms with Crippen LogP contribution in [0.2, 0.25) is 0 Å². The van der Waals surface area contributed by atoms with Crippen molar-refractivity contribution in [2.45, 2.75) is 56.4 Å². The highest BCUT2D eigenvalue weighted by Gasteiger charge is 2.47. The third kappa shape index (κ3) is 19.3. The van der Waals surface area contributed by atoms with E-state index >= 15 is 0 Å². The molecule has 0 unspecified atom stereocenters. The highest BCUT2D eigenvalue weighted by atomic mass is 32.2. The molecule has 0 aromatic rings. The summed E-state index contributed by atoms with van der Waals surface area (Å²) < 4.78 is 31.0. The van der Waals surface area contributed by atoms with Crippen molar-refractivity contribution in [2.75, 3.05) is 105 Å². The summed E-state index contributed by atoms with van der Waals surface area (Å²) in [7, 11) is 0. The van der Waals surface area contributed by atoms with Crippen LogP contribution in [-0.2, 0) is 23.7 Å². The van der Waals surface area contributed by atoms with Gasteiger partial charge in [0.05, 0.1) is 6.61 Å². The fraction of sp³-hybridized carbons (Fsp3) is 1.00. The second-order valence-corrected chi connectivity index (χ2v) is 14.1. The third-order valence-corrected chi connectivity index (χ3v) is 10.2. The van der Waals surface area contributed by atoms with Gasteiger partial charge in [-0.1, -0.05) is 0 Å². The minimum Gasteiger partial charge on any atom is -0.379 e. The summed E-state index contributed by atoms with van der Waals surface area (Å²) >= 11 is 7.27. The van der Waals surface area contributed by atoms with E-state index in [2.05, 4.69) is 0 Å². The zero-order valence-corrected chi connectivity index (χ0v) is 27.4. The third-order valence-electron chi connectivity index (χ3n) is 5.75. The molecule has 40 heavy (non-hydrogen) atoms. The van der Waals surface area contributed by atoms with Crippen molar-refractivity contribution in [3.63, 3.8) is 0 Å². The highest BCUT2D eigenvalue weighted by Crippen LogP contribution is 2.28. The lowest BCUT2D eigenvalue weighted by atomic mass is 9.98. The predicted octanol–water partition coefficient (Wildman–Crippen LogP) is 1.20. The van der Waals surface area contributed by atoms with Crippen LogP contribution in [0.3, 0.4) is 0 Å². The lowest BCUT2D eigenvalue weighted by Crippen LogP contribution is -2.61. The molecule has 0 bridgehead atoms. The first kappa shape index (κ1) is 39.0. The molecule has 10 nitrogen and oxygen atoms in total. The minimum absolute atomic E-state index is 0.319. The van der Waals surface area contributed by atoms with Crippen molar-refractivity contribution in [3.05, 3.63) is 0 Å². The van der Waals surface area contributed by atoms with Crippen LogP contribution in [0.5, 0.6) is 0 Å². The number of hydrogen-bond acceptors (Lipinski definition) is 14. The number of nitrogens with two attached hydrogens (primary N) is 4. The summed E-state index contributed by atoms with van der Waals surface area (Å²) in [6, 6.07) is 0. The van der Waals surface area contributed by atoms with Crippen LogP contribution in [0, 0.1) is 0 Å². The highest BCUT2D eigenvalue weighted by molar-refractivity contribution is 7.99. The molecule has 0 aliphatic carbocycles. The van der Waals surface area contributed by atoms with E-state index in [-0.39, 0.29) is 0 Å². The zero-order valence-electron chi connectivity index (χ0n) is 24.2. The van der Waals surface area contributed by atoms with Crippen LogP contribution in [0.15, 0.2) is 0 Å². The first-order valence-electron chi connectivity index (χ1n) is 14.6. The van der Waals surface area contributed by atoms with Crippen molar-refractivity contribution >= 4 is 47.0 Å². The van der Waals surface area contributed by atoms with Crippen molar-refractivity contribution in [3.8, 4) is 0 Å². The number of aliphatic hydroxyl groups excluding tert-OH is 1. The van der Waals surface area contributed by atoms with E-state index < -0.39 is 30.7 Å². The molecule has 1 fully saturated rings. The fourth-order valence-corrected chi connectivity index (χ4v) is 6.71. The van der Waals surface area contributed by atoms with Gasteiger partial charge in [-0.15, -0.1) is 0 Å². The Labute approximate surface area is 259 Å². The van der Waals surface area contributed by atoms with Gasteiger partial charge < -0.3 is 51.7 Å². The SMILES string of the molecule is NCCSCCCOC[C@H]1O[C@H](O)[C@H](OCCCSCCN)[C@@H](OCCCSCCN)[C@H]1OCCCSCCN. The number of thioether (sulfide) groups is 4. The second-order valence-electron chi connectivity index (χ2n) is 9.16. The van der Waals surface area contributed by atoms with Crippen molar-refractivity contribution < 1.29 is 28.8 Å². The van der Waals surface area contributed by atoms with Gasteiger partial charge in [-0.2, -0.15) is 47.0 Å². The molecule has 0 radical (unpaired) electrons. The molecule has 1 aliphatic heterocycles. The maximum atomic E-state index is 11.0. The second kappa shape index (κ2) is 28.8. The maximum Gasteiger partial charge on any atom is 0.184 e. The summed E-state index contributed by atoms with van der Waals surface area (Å²) in [4.78, 5) is 0. The van der Waals surface area contributed by atoms with E-state index in [9.17, 15) is 5.11 Å². The van der Waals surface area contributed by atoms with E-state index in [1.54, 1.807) is 11.8 Å². The number of hydrogen-bond donors (Lipinski definition) is 5. The van der Waals surface area contributed by atoms with Crippen LogP contribution in [0.4, 0.5) is 0 Å². The number of rotatable bonds is 29. The van der Waals surface area contributed by atoms with Crippen molar-refractivity contribution in [1.82, 2.24) is 0 Å². The topological polar surface area (TPSA) is 170 Å². The van der Waals surface area contributed by atoms with Crippen LogP contribution in [0.1, 0.15) is 25.7 Å². The summed E-state index contributed by atoms with van der Waals surface area (Å²) in [6.45, 7) is 5.23. The fourth-order valence-electron chi connectivity index (χ4n) is 3.94. The summed E-state index contributed by atoms with van der Waals surface area (Å²) in [5, 5.41) is 11.0. The van der Waals surface area contributed by atoms with Gasteiger partial charge >= 0.3 is 0 Å². The molecule has 1 heterocycles. The molecule has 9 N–H and O–H groups in total. The smallest absolute Gasteiger partial charge is 0.184 e. The molecule has 1 saturated heterocycles. The zero-order chi connectivity index (χ0) is 29.1. The molecule has 0 spiro atoms. The number of ether oxygens (including phenoxy) is 5. The van der Waals surface area contributed by atoms with E-state index in [4.69, 9.17) is 46.6 Å². The molecule has 0 saturated carbocycles. The van der Waals surface area contributed by atoms with Crippen molar-refractivity contribution in [1.29, 1.82) is 0 Å². The molecular weight excluding hydrogens is 593 g/mol. The van der Waals surface area contributed by atoms with Gasteiger partial charge in [0.15, 0.2) is 6.29 Å². The summed E-state index contributed by atoms with van der Waals surface area (Å²) in [6.07, 6.45) is 0.451. The van der Waals surface area contributed by atoms with Crippen LogP contribution >= 0.6 is 47.0 Å². The molecular formula is C26H56N4O6S4. The Hall–Kier alpha value is 1.00. The Morgan fingerprint density at radius 1 is 0.525 bits per heavy atom. The van der Waals surface area contributed by atoms with E-state index in [1.807, 2.05) is 35.3 Å². The molecule has 0 aromatic carbocycles. The molecule has 5 atom stereocenters. The Morgan fingerprint density at radius 3 is 1.38 bits per heavy atom. The molecule has 0 amide bonds. The quantitative estimate of drug-likeness (QED) is 0.0733. The molecule has 1 rings (SSSR count). The molecule has 240 valence electrons. The Balaban J connectivity index is 2.81. The standard InChI is InChI=1S/C26H56N4O6S4/c27-5-17-37-13-1-9-32-21-22-23(33-10-2-14-38-18-6-28)24(34-11-3-15-39-19-7-29)25(26(31)36-22)35-12-4-16-40-20-8-30/h22-26,31H,1-21,27-30H2/t22-,23+,24+,25-,26+/m1/s1. The largest absolute Gasteiger partial charge is 0.379 e. The number of aliphatic hydroxyl groups is 1. The Bertz CT molecular complexity index is 553. The van der Waals surface area contributed by atoms with Crippen LogP contribution in [0.25, 0.3) is 0 Å². The average Bonchev–Trinajstić information content (AvgIpc) is 2.95. The summed E-state index contributed by atoms with van der Waals surface area (Å²) in [5.41, 5.74) is 22.4. The lowest BCUT2D eigenvalue weighted by molar-refractivity contribution is -0.311. The molecule has 14 heteroatoms. The van der Waals surface area contributed by atoms with Gasteiger partial charge in [0.1, 0.15) is 24.4 Å². The Morgan fingerprint density at radius 2 is 0.925 bits per heavy atom. The van der Waals surface area contributed by atoms with Crippen LogP contribution < -0.4 is 22.9 Å². The average molecular weight is 649 g/mol. The monoisotopic (exact) mass is 648 g/mol. The van der Waals surface area contributed by atoms with Gasteiger partial charge in [-0.3, -0.25) is 0 Å². The first-order valence-corrected chi connectivity index (χ1v) is 19.2. The van der Waals surface area contributed by atoms with Gasteiger partial charge in [-0.25, -0.2) is 0 Å². The van der Waals surface area contributed by atoms with Crippen LogP contribution in [-0.4, -0.2) is 141 Å². The Kier molecular flexibility index (Phi) is 28.1. The normalized spacial score (nSPS) is 23.2. The van der Waals surface area contributed by atoms with Gasteiger partial charge in [0, 0.05) is 75.6 Å². The summed E-state index contributed by atoms with van der Waals surface area (Å²) in [5.74, 6) is 7.63. The van der Waals surface area contributed by atoms with E-state index in [0.717, 1.165) is 71.7 Å². The van der Waals surface area contributed by atoms with Gasteiger partial charge in [0.25, 0.3) is 0 Å². The predicted molar refractivity (Wildman–Crippen MR) is 175 cm³/mol. The van der Waals surface area contributed by atoms with E-state index in [0.29, 0.717) is 59.2 Å². The first-order chi connectivity index (χ1) is 19.7. The lowest BCUT2D eigenvalue weighted by Gasteiger charge is -2.44. The minimum atomic E-state index is -1.12. The maximum absolute atomic E-state index is 11.0. The van der Waals surface area contributed by atoms with Crippen molar-refractivity contribution in [2.24, 2.45) is 22.9 Å². The van der Waals surface area contributed by atoms with Gasteiger partial charge in [0.2, 0.25) is 0 Å². The molecule has 0 aromatic heterocycles. The van der Waals surface area contributed by atoms with E-state index in [1.165, 1.54) is 0 Å². The molecule has 1 aliphatic rings.